The predicted octanol–water partition coefficient (Wildman–Crippen LogP) is 6.43. The van der Waals surface area contributed by atoms with Crippen molar-refractivity contribution < 1.29 is 19.1 Å². The van der Waals surface area contributed by atoms with Crippen LogP contribution in [0.3, 0.4) is 0 Å². The topological polar surface area (TPSA) is 80.0 Å². The molecule has 4 aromatic rings. The number of halogens is 3. The number of amides is 1. The summed E-state index contributed by atoms with van der Waals surface area (Å²) in [5.74, 6) is -0.316. The summed E-state index contributed by atoms with van der Waals surface area (Å²) in [5, 5.41) is 11.2. The molecule has 9 heteroatoms. The molecule has 6 nitrogen and oxygen atoms in total. The van der Waals surface area contributed by atoms with Crippen molar-refractivity contribution in [1.82, 2.24) is 4.90 Å². The van der Waals surface area contributed by atoms with Crippen LogP contribution in [0, 0.1) is 0 Å². The van der Waals surface area contributed by atoms with E-state index in [4.69, 9.17) is 20.8 Å². The van der Waals surface area contributed by atoms with Crippen LogP contribution in [0.1, 0.15) is 33.3 Å². The minimum Gasteiger partial charge on any atom is -0.503 e. The van der Waals surface area contributed by atoms with Crippen molar-refractivity contribution in [3.63, 3.8) is 0 Å². The van der Waals surface area contributed by atoms with Crippen LogP contribution in [0.4, 0.5) is 0 Å². The predicted molar refractivity (Wildman–Crippen MR) is 136 cm³/mol. The van der Waals surface area contributed by atoms with Crippen LogP contribution in [0.2, 0.25) is 5.02 Å². The van der Waals surface area contributed by atoms with Crippen LogP contribution in [-0.2, 0) is 6.54 Å². The van der Waals surface area contributed by atoms with E-state index in [1.165, 1.54) is 7.11 Å². The molecule has 0 spiro atoms. The van der Waals surface area contributed by atoms with Crippen LogP contribution in [0.25, 0.3) is 11.0 Å². The van der Waals surface area contributed by atoms with Crippen molar-refractivity contribution in [2.75, 3.05) is 7.11 Å². The minimum absolute atomic E-state index is 0.0139. The molecular weight excluding hydrogens is 590 g/mol. The third kappa shape index (κ3) is 3.70. The van der Waals surface area contributed by atoms with E-state index in [2.05, 4.69) is 31.9 Å². The Morgan fingerprint density at radius 1 is 1.12 bits per heavy atom. The molecule has 0 fully saturated rings. The monoisotopic (exact) mass is 603 g/mol. The van der Waals surface area contributed by atoms with Crippen molar-refractivity contribution >= 4 is 60.3 Å². The zero-order valence-electron chi connectivity index (χ0n) is 17.6. The molecule has 0 saturated carbocycles. The number of rotatable bonds is 4. The number of carbonyl (C=O) groups excluding carboxylic acids is 1. The van der Waals surface area contributed by atoms with Gasteiger partial charge in [0.15, 0.2) is 16.9 Å². The molecule has 1 aromatic heterocycles. The second kappa shape index (κ2) is 8.76. The van der Waals surface area contributed by atoms with Gasteiger partial charge in [-0.15, -0.1) is 0 Å². The summed E-state index contributed by atoms with van der Waals surface area (Å²) in [4.78, 5) is 28.9. The summed E-state index contributed by atoms with van der Waals surface area (Å²) >= 11 is 13.1. The average Bonchev–Trinajstić information content (AvgIpc) is 3.09. The molecule has 1 aliphatic rings. The highest BCUT2D eigenvalue weighted by Crippen LogP contribution is 2.44. The first-order valence-electron chi connectivity index (χ1n) is 10.2. The average molecular weight is 606 g/mol. The molecule has 0 saturated heterocycles. The number of fused-ring (bicyclic) bond motifs is 2. The van der Waals surface area contributed by atoms with E-state index < -0.39 is 11.9 Å². The normalized spacial score (nSPS) is 15.1. The first-order valence-corrected chi connectivity index (χ1v) is 12.1. The number of benzene rings is 3. The van der Waals surface area contributed by atoms with Crippen LogP contribution in [0.15, 0.2) is 72.8 Å². The fraction of sp³-hybridized carbons (Fsp3) is 0.120. The molecule has 0 bridgehead atoms. The van der Waals surface area contributed by atoms with Gasteiger partial charge in [-0.1, -0.05) is 45.7 Å². The van der Waals surface area contributed by atoms with Gasteiger partial charge in [-0.2, -0.15) is 0 Å². The number of ether oxygens (including phenoxy) is 1. The Balaban J connectivity index is 1.78. The van der Waals surface area contributed by atoms with Gasteiger partial charge in [0.2, 0.25) is 5.76 Å². The SMILES string of the molecule is COc1cc([C@@H]2c3c(oc4ccc(Br)cc4c3=O)C(=O)N2Cc2ccccc2Cl)cc(Br)c1O. The van der Waals surface area contributed by atoms with E-state index in [0.29, 0.717) is 26.0 Å². The van der Waals surface area contributed by atoms with Gasteiger partial charge in [-0.3, -0.25) is 9.59 Å². The Kier molecular flexibility index (Phi) is 5.91. The van der Waals surface area contributed by atoms with E-state index in [0.717, 1.165) is 10.0 Å². The van der Waals surface area contributed by atoms with E-state index in [9.17, 15) is 14.7 Å². The molecule has 172 valence electrons. The van der Waals surface area contributed by atoms with Crippen molar-refractivity contribution in [3.05, 3.63) is 101 Å². The van der Waals surface area contributed by atoms with E-state index in [1.54, 1.807) is 41.3 Å². The Morgan fingerprint density at radius 2 is 1.88 bits per heavy atom. The molecule has 3 aromatic carbocycles. The summed E-state index contributed by atoms with van der Waals surface area (Å²) in [6.45, 7) is 0.146. The van der Waals surface area contributed by atoms with Gasteiger partial charge in [0, 0.05) is 16.0 Å². The maximum Gasteiger partial charge on any atom is 0.291 e. The Morgan fingerprint density at radius 3 is 2.62 bits per heavy atom. The van der Waals surface area contributed by atoms with E-state index >= 15 is 0 Å². The molecule has 1 N–H and O–H groups in total. The van der Waals surface area contributed by atoms with Gasteiger partial charge in [0.1, 0.15) is 5.58 Å². The molecule has 1 atom stereocenters. The molecule has 0 radical (unpaired) electrons. The van der Waals surface area contributed by atoms with Gasteiger partial charge in [0.05, 0.1) is 28.6 Å². The van der Waals surface area contributed by atoms with Crippen molar-refractivity contribution in [1.29, 1.82) is 0 Å². The third-order valence-corrected chi connectivity index (χ3v) is 7.28. The Hall–Kier alpha value is -2.81. The zero-order chi connectivity index (χ0) is 24.1. The van der Waals surface area contributed by atoms with Gasteiger partial charge in [-0.25, -0.2) is 0 Å². The maximum atomic E-state index is 13.7. The van der Waals surface area contributed by atoms with E-state index in [-0.39, 0.29) is 34.8 Å². The highest BCUT2D eigenvalue weighted by Gasteiger charge is 2.43. The summed E-state index contributed by atoms with van der Waals surface area (Å²) in [6.07, 6.45) is 0. The zero-order valence-corrected chi connectivity index (χ0v) is 21.6. The van der Waals surface area contributed by atoms with Gasteiger partial charge < -0.3 is 19.2 Å². The minimum atomic E-state index is -0.788. The summed E-state index contributed by atoms with van der Waals surface area (Å²) in [5.41, 5.74) is 1.54. The molecule has 2 heterocycles. The number of nitrogens with zero attached hydrogens (tertiary/aromatic N) is 1. The number of phenols is 1. The lowest BCUT2D eigenvalue weighted by molar-refractivity contribution is 0.0714. The summed E-state index contributed by atoms with van der Waals surface area (Å²) < 4.78 is 12.4. The fourth-order valence-corrected chi connectivity index (χ4v) is 5.24. The van der Waals surface area contributed by atoms with Crippen molar-refractivity contribution in [2.24, 2.45) is 0 Å². The lowest BCUT2D eigenvalue weighted by atomic mass is 9.97. The molecule has 0 aliphatic carbocycles. The second-order valence-electron chi connectivity index (χ2n) is 7.80. The summed E-state index contributed by atoms with van der Waals surface area (Å²) in [7, 11) is 1.43. The number of aromatic hydroxyl groups is 1. The number of methoxy groups -OCH3 is 1. The highest BCUT2D eigenvalue weighted by molar-refractivity contribution is 9.10. The van der Waals surface area contributed by atoms with Gasteiger partial charge in [-0.05, 0) is 63.5 Å². The summed E-state index contributed by atoms with van der Waals surface area (Å²) in [6, 6.07) is 14.8. The molecule has 34 heavy (non-hydrogen) atoms. The highest BCUT2D eigenvalue weighted by atomic mass is 79.9. The molecule has 5 rings (SSSR count). The number of carbonyl (C=O) groups is 1. The molecule has 1 aliphatic heterocycles. The molecule has 0 unspecified atom stereocenters. The Labute approximate surface area is 216 Å². The first kappa shape index (κ1) is 23.0. The maximum absolute atomic E-state index is 13.7. The lowest BCUT2D eigenvalue weighted by Gasteiger charge is -2.26. The van der Waals surface area contributed by atoms with Crippen LogP contribution in [-0.4, -0.2) is 23.0 Å². The van der Waals surface area contributed by atoms with Crippen LogP contribution in [0.5, 0.6) is 11.5 Å². The van der Waals surface area contributed by atoms with Crippen molar-refractivity contribution in [3.8, 4) is 11.5 Å². The van der Waals surface area contributed by atoms with Gasteiger partial charge >= 0.3 is 0 Å². The fourth-order valence-electron chi connectivity index (χ4n) is 4.22. The number of hydrogen-bond acceptors (Lipinski definition) is 5. The van der Waals surface area contributed by atoms with Crippen molar-refractivity contribution in [2.45, 2.75) is 12.6 Å². The molecule has 1 amide bonds. The van der Waals surface area contributed by atoms with Gasteiger partial charge in [0.25, 0.3) is 5.91 Å². The quantitative estimate of drug-likeness (QED) is 0.290. The number of phenolic OH excluding ortho intramolecular Hbond substituents is 1. The van der Waals surface area contributed by atoms with Crippen LogP contribution < -0.4 is 10.2 Å². The van der Waals surface area contributed by atoms with Crippen LogP contribution >= 0.6 is 43.5 Å². The smallest absolute Gasteiger partial charge is 0.291 e. The first-order chi connectivity index (χ1) is 16.3. The third-order valence-electron chi connectivity index (χ3n) is 5.81. The Bertz CT molecular complexity index is 1530. The lowest BCUT2D eigenvalue weighted by Crippen LogP contribution is -2.29. The number of hydrogen-bond donors (Lipinski definition) is 1. The second-order valence-corrected chi connectivity index (χ2v) is 9.97. The van der Waals surface area contributed by atoms with E-state index in [1.807, 2.05) is 18.2 Å². The molecular formula is C25H16Br2ClNO5. The largest absolute Gasteiger partial charge is 0.503 e. The standard InChI is InChI=1S/C25H16Br2ClNO5/c1-33-19-9-13(8-16(27)23(19)31)21-20-22(30)15-10-14(26)6-7-18(15)34-24(20)25(32)29(21)11-12-4-2-3-5-17(12)28/h2-10,21,31H,11H2,1H3/t21-/m1/s1.